The van der Waals surface area contributed by atoms with Crippen LogP contribution in [0.3, 0.4) is 0 Å². The normalized spacial score (nSPS) is 14.5. The molecule has 1 aliphatic heterocycles. The van der Waals surface area contributed by atoms with Gasteiger partial charge in [-0.25, -0.2) is 0 Å². The number of nitrogens with zero attached hydrogens (tertiary/aromatic N) is 1. The summed E-state index contributed by atoms with van der Waals surface area (Å²) in [5.41, 5.74) is 6.20. The van der Waals surface area contributed by atoms with Crippen molar-refractivity contribution < 1.29 is 0 Å². The molecule has 1 aliphatic rings. The number of nitrogens with one attached hydrogen (secondary N) is 2. The number of rotatable bonds is 5. The van der Waals surface area contributed by atoms with Gasteiger partial charge in [0.2, 0.25) is 0 Å². The summed E-state index contributed by atoms with van der Waals surface area (Å²) in [4.78, 5) is 2.52. The maximum Gasteiger partial charge on any atom is 0.171 e. The summed E-state index contributed by atoms with van der Waals surface area (Å²) in [6, 6.07) is 15.1. The Balaban J connectivity index is 1.49. The van der Waals surface area contributed by atoms with Gasteiger partial charge in [-0.15, -0.1) is 0 Å². The van der Waals surface area contributed by atoms with Crippen molar-refractivity contribution >= 4 is 23.0 Å². The van der Waals surface area contributed by atoms with Crippen molar-refractivity contribution in [1.82, 2.24) is 10.2 Å². The first-order valence-corrected chi connectivity index (χ1v) is 9.44. The fourth-order valence-electron chi connectivity index (χ4n) is 3.20. The third-order valence-corrected chi connectivity index (χ3v) is 5.18. The minimum Gasteiger partial charge on any atom is -0.358 e. The zero-order chi connectivity index (χ0) is 17.6. The zero-order valence-electron chi connectivity index (χ0n) is 15.1. The standard InChI is InChI=1S/C21H27N3S/c1-16-6-5-7-20(17(16)2)23-21(25)22-14-18-8-10-19(11-9-18)15-24-12-3-4-13-24/h5-11H,3-4,12-15H2,1-2H3,(H2,22,23,25). The minimum atomic E-state index is 0.662. The van der Waals surface area contributed by atoms with Crippen molar-refractivity contribution in [3.05, 3.63) is 64.7 Å². The molecular weight excluding hydrogens is 326 g/mol. The molecule has 0 saturated carbocycles. The highest BCUT2D eigenvalue weighted by Gasteiger charge is 2.11. The van der Waals surface area contributed by atoms with E-state index in [0.717, 1.165) is 18.8 Å². The van der Waals surface area contributed by atoms with Crippen LogP contribution in [0.5, 0.6) is 0 Å². The molecule has 0 aromatic heterocycles. The number of hydrogen-bond donors (Lipinski definition) is 2. The van der Waals surface area contributed by atoms with Gasteiger partial charge < -0.3 is 10.6 Å². The van der Waals surface area contributed by atoms with Crippen molar-refractivity contribution in [2.45, 2.75) is 39.8 Å². The lowest BCUT2D eigenvalue weighted by molar-refractivity contribution is 0.331. The van der Waals surface area contributed by atoms with Crippen LogP contribution in [-0.4, -0.2) is 23.1 Å². The van der Waals surface area contributed by atoms with Crippen LogP contribution in [0.4, 0.5) is 5.69 Å². The molecule has 0 aliphatic carbocycles. The molecule has 1 fully saturated rings. The van der Waals surface area contributed by atoms with E-state index in [9.17, 15) is 0 Å². The Morgan fingerprint density at radius 1 is 1.00 bits per heavy atom. The molecule has 1 saturated heterocycles. The quantitative estimate of drug-likeness (QED) is 0.780. The monoisotopic (exact) mass is 353 g/mol. The van der Waals surface area contributed by atoms with E-state index >= 15 is 0 Å². The Kier molecular flexibility index (Phi) is 6.05. The topological polar surface area (TPSA) is 27.3 Å². The SMILES string of the molecule is Cc1cccc(NC(=S)NCc2ccc(CN3CCCC3)cc2)c1C. The summed E-state index contributed by atoms with van der Waals surface area (Å²) in [6.07, 6.45) is 2.68. The Morgan fingerprint density at radius 3 is 2.40 bits per heavy atom. The second-order valence-electron chi connectivity index (χ2n) is 6.85. The van der Waals surface area contributed by atoms with E-state index in [1.165, 1.54) is 48.2 Å². The van der Waals surface area contributed by atoms with Crippen LogP contribution in [0.2, 0.25) is 0 Å². The molecule has 2 N–H and O–H groups in total. The summed E-state index contributed by atoms with van der Waals surface area (Å²) in [5, 5.41) is 7.25. The van der Waals surface area contributed by atoms with E-state index in [1.54, 1.807) is 0 Å². The van der Waals surface area contributed by atoms with Gasteiger partial charge in [0.15, 0.2) is 5.11 Å². The van der Waals surface area contributed by atoms with Crippen LogP contribution in [0, 0.1) is 13.8 Å². The molecule has 4 heteroatoms. The van der Waals surface area contributed by atoms with Crippen molar-refractivity contribution in [3.63, 3.8) is 0 Å². The first kappa shape index (κ1) is 17.9. The molecule has 0 spiro atoms. The first-order chi connectivity index (χ1) is 12.1. The minimum absolute atomic E-state index is 0.662. The summed E-state index contributed by atoms with van der Waals surface area (Å²) in [5.74, 6) is 0. The number of thiocarbonyl (C=S) groups is 1. The smallest absolute Gasteiger partial charge is 0.171 e. The highest BCUT2D eigenvalue weighted by molar-refractivity contribution is 7.80. The molecule has 2 aromatic rings. The largest absolute Gasteiger partial charge is 0.358 e. The summed E-state index contributed by atoms with van der Waals surface area (Å²) in [7, 11) is 0. The lowest BCUT2D eigenvalue weighted by atomic mass is 10.1. The molecular formula is C21H27N3S. The summed E-state index contributed by atoms with van der Waals surface area (Å²) < 4.78 is 0. The van der Waals surface area contributed by atoms with Crippen LogP contribution in [0.1, 0.15) is 35.1 Å². The van der Waals surface area contributed by atoms with Gasteiger partial charge in [-0.2, -0.15) is 0 Å². The molecule has 3 nitrogen and oxygen atoms in total. The molecule has 0 atom stereocenters. The van der Waals surface area contributed by atoms with Gasteiger partial charge >= 0.3 is 0 Å². The highest BCUT2D eigenvalue weighted by atomic mass is 32.1. The first-order valence-electron chi connectivity index (χ1n) is 9.03. The number of hydrogen-bond acceptors (Lipinski definition) is 2. The van der Waals surface area contributed by atoms with Crippen molar-refractivity contribution in [3.8, 4) is 0 Å². The van der Waals surface area contributed by atoms with E-state index in [1.807, 2.05) is 6.07 Å². The Morgan fingerprint density at radius 2 is 1.68 bits per heavy atom. The Labute approximate surface area is 156 Å². The van der Waals surface area contributed by atoms with Crippen LogP contribution in [0.25, 0.3) is 0 Å². The molecule has 3 rings (SSSR count). The number of aryl methyl sites for hydroxylation is 1. The third-order valence-electron chi connectivity index (χ3n) is 4.93. The van der Waals surface area contributed by atoms with Crippen LogP contribution in [0.15, 0.2) is 42.5 Å². The van der Waals surface area contributed by atoms with Gasteiger partial charge in [0.1, 0.15) is 0 Å². The molecule has 0 bridgehead atoms. The third kappa shape index (κ3) is 5.03. The molecule has 1 heterocycles. The predicted molar refractivity (Wildman–Crippen MR) is 110 cm³/mol. The van der Waals surface area contributed by atoms with Crippen LogP contribution < -0.4 is 10.6 Å². The van der Waals surface area contributed by atoms with E-state index in [0.29, 0.717) is 5.11 Å². The second kappa shape index (κ2) is 8.45. The summed E-state index contributed by atoms with van der Waals surface area (Å²) >= 11 is 5.43. The number of likely N-dealkylation sites (tertiary alicyclic amines) is 1. The van der Waals surface area contributed by atoms with Gasteiger partial charge in [-0.3, -0.25) is 4.90 Å². The van der Waals surface area contributed by atoms with Gasteiger partial charge in [0.25, 0.3) is 0 Å². The molecule has 0 amide bonds. The fourth-order valence-corrected chi connectivity index (χ4v) is 3.38. The maximum atomic E-state index is 5.43. The van der Waals surface area contributed by atoms with E-state index in [4.69, 9.17) is 12.2 Å². The van der Waals surface area contributed by atoms with Crippen LogP contribution in [-0.2, 0) is 13.1 Å². The number of anilines is 1. The second-order valence-corrected chi connectivity index (χ2v) is 7.26. The van der Waals surface area contributed by atoms with Gasteiger partial charge in [0.05, 0.1) is 0 Å². The van der Waals surface area contributed by atoms with Crippen LogP contribution >= 0.6 is 12.2 Å². The van der Waals surface area contributed by atoms with Gasteiger partial charge in [0, 0.05) is 18.8 Å². The lowest BCUT2D eigenvalue weighted by Crippen LogP contribution is -2.28. The molecule has 0 unspecified atom stereocenters. The fraction of sp³-hybridized carbons (Fsp3) is 0.381. The van der Waals surface area contributed by atoms with Gasteiger partial charge in [-0.05, 0) is 80.3 Å². The molecule has 2 aromatic carbocycles. The molecule has 132 valence electrons. The average molecular weight is 354 g/mol. The summed E-state index contributed by atoms with van der Waals surface area (Å²) in [6.45, 7) is 8.50. The Bertz CT molecular complexity index is 718. The van der Waals surface area contributed by atoms with E-state index < -0.39 is 0 Å². The zero-order valence-corrected chi connectivity index (χ0v) is 16.0. The van der Waals surface area contributed by atoms with E-state index in [-0.39, 0.29) is 0 Å². The molecule has 25 heavy (non-hydrogen) atoms. The number of benzene rings is 2. The van der Waals surface area contributed by atoms with Crippen molar-refractivity contribution in [2.75, 3.05) is 18.4 Å². The van der Waals surface area contributed by atoms with Crippen molar-refractivity contribution in [2.24, 2.45) is 0 Å². The maximum absolute atomic E-state index is 5.43. The lowest BCUT2D eigenvalue weighted by Gasteiger charge is -2.15. The van der Waals surface area contributed by atoms with Crippen molar-refractivity contribution in [1.29, 1.82) is 0 Å². The average Bonchev–Trinajstić information content (AvgIpc) is 3.11. The van der Waals surface area contributed by atoms with Gasteiger partial charge in [-0.1, -0.05) is 36.4 Å². The highest BCUT2D eigenvalue weighted by Crippen LogP contribution is 2.18. The predicted octanol–water partition coefficient (Wildman–Crippen LogP) is 4.39. The van der Waals surface area contributed by atoms with E-state index in [2.05, 4.69) is 65.8 Å². The molecule has 0 radical (unpaired) electrons. The Hall–Kier alpha value is -1.91.